The molecule has 0 aromatic heterocycles. The molecule has 196 valence electrons. The number of ether oxygens (including phenoxy) is 1. The number of carbonyl (C=O) groups excluding carboxylic acids is 4. The number of rotatable bonds is 8. The third-order valence-corrected chi connectivity index (χ3v) is 5.95. The molecule has 1 aliphatic rings. The van der Waals surface area contributed by atoms with Gasteiger partial charge in [-0.05, 0) is 58.6 Å². The standard InChI is InChI=1S/C27H38N4O5/c1-7-31(25(34)21(16-22(28)32)30-26(35)36-27(4,5)6)23(20-14-13-17(2)15-18(20)3)24(33)29-19-11-9-8-10-12-19/h1,13-15,19,21,23H,8-12,16H2,2-6H3,(H2,28,32)(H,29,33)(H,30,35). The lowest BCUT2D eigenvalue weighted by molar-refractivity contribution is -0.139. The maximum atomic E-state index is 13.6. The van der Waals surface area contributed by atoms with E-state index in [0.29, 0.717) is 5.56 Å². The van der Waals surface area contributed by atoms with E-state index in [1.807, 2.05) is 26.0 Å². The molecule has 0 aliphatic heterocycles. The summed E-state index contributed by atoms with van der Waals surface area (Å²) in [5.74, 6) is -2.06. The van der Waals surface area contributed by atoms with Gasteiger partial charge in [0.1, 0.15) is 17.7 Å². The van der Waals surface area contributed by atoms with E-state index >= 15 is 0 Å². The molecule has 4 N–H and O–H groups in total. The molecule has 1 aromatic rings. The van der Waals surface area contributed by atoms with E-state index in [1.54, 1.807) is 26.8 Å². The zero-order chi connectivity index (χ0) is 27.0. The molecule has 4 amide bonds. The molecule has 1 aromatic carbocycles. The van der Waals surface area contributed by atoms with Crippen LogP contribution in [-0.2, 0) is 19.1 Å². The molecule has 2 unspecified atom stereocenters. The highest BCUT2D eigenvalue weighted by molar-refractivity contribution is 5.95. The Morgan fingerprint density at radius 3 is 2.33 bits per heavy atom. The highest BCUT2D eigenvalue weighted by Gasteiger charge is 2.38. The first-order valence-electron chi connectivity index (χ1n) is 12.3. The molecule has 0 radical (unpaired) electrons. The minimum absolute atomic E-state index is 0.0180. The minimum atomic E-state index is -1.41. The van der Waals surface area contributed by atoms with Gasteiger partial charge in [-0.25, -0.2) is 4.79 Å². The van der Waals surface area contributed by atoms with Gasteiger partial charge in [0.05, 0.1) is 6.42 Å². The molecule has 0 saturated heterocycles. The number of nitrogens with two attached hydrogens (primary N) is 1. The molecule has 0 bridgehead atoms. The summed E-state index contributed by atoms with van der Waals surface area (Å²) in [7, 11) is 0. The van der Waals surface area contributed by atoms with Gasteiger partial charge in [-0.15, -0.1) is 0 Å². The number of carbonyl (C=O) groups is 4. The number of hydrogen-bond donors (Lipinski definition) is 3. The number of nitrogens with one attached hydrogen (secondary N) is 2. The average Bonchev–Trinajstić information content (AvgIpc) is 2.76. The lowest BCUT2D eigenvalue weighted by atomic mass is 9.93. The summed E-state index contributed by atoms with van der Waals surface area (Å²) in [6, 6.07) is 5.21. The van der Waals surface area contributed by atoms with E-state index in [0.717, 1.165) is 48.1 Å². The van der Waals surface area contributed by atoms with E-state index in [9.17, 15) is 19.2 Å². The molecule has 2 atom stereocenters. The SMILES string of the molecule is C#CN(C(=O)C(CC(N)=O)NC(=O)OC(C)(C)C)C(C(=O)NC1CCCCC1)c1ccc(C)cc1C. The Bertz CT molecular complexity index is 1020. The Balaban J connectivity index is 2.44. The summed E-state index contributed by atoms with van der Waals surface area (Å²) in [6.07, 6.45) is 9.19. The summed E-state index contributed by atoms with van der Waals surface area (Å²) in [6.45, 7) is 8.75. The number of primary amides is 1. The lowest BCUT2D eigenvalue weighted by Gasteiger charge is -2.32. The molecule has 1 aliphatic carbocycles. The van der Waals surface area contributed by atoms with Crippen molar-refractivity contribution in [3.8, 4) is 12.5 Å². The summed E-state index contributed by atoms with van der Waals surface area (Å²) in [4.78, 5) is 52.3. The van der Waals surface area contributed by atoms with E-state index in [-0.39, 0.29) is 6.04 Å². The van der Waals surface area contributed by atoms with Gasteiger partial charge >= 0.3 is 6.09 Å². The van der Waals surface area contributed by atoms with Crippen molar-refractivity contribution in [3.63, 3.8) is 0 Å². The zero-order valence-corrected chi connectivity index (χ0v) is 21.8. The van der Waals surface area contributed by atoms with Gasteiger partial charge in [0.25, 0.3) is 5.91 Å². The van der Waals surface area contributed by atoms with Crippen LogP contribution in [0, 0.1) is 26.3 Å². The molecule has 9 heteroatoms. The fourth-order valence-corrected chi connectivity index (χ4v) is 4.34. The second kappa shape index (κ2) is 12.4. The van der Waals surface area contributed by atoms with Crippen molar-refractivity contribution in [3.05, 3.63) is 34.9 Å². The van der Waals surface area contributed by atoms with Crippen LogP contribution in [0.1, 0.15) is 82.0 Å². The molecule has 0 heterocycles. The van der Waals surface area contributed by atoms with Gasteiger partial charge in [0.2, 0.25) is 11.8 Å². The molecular formula is C27H38N4O5. The quantitative estimate of drug-likeness (QED) is 0.375. The lowest BCUT2D eigenvalue weighted by Crippen LogP contribution is -2.53. The van der Waals surface area contributed by atoms with Crippen LogP contribution in [0.3, 0.4) is 0 Å². The molecule has 2 rings (SSSR count). The van der Waals surface area contributed by atoms with Gasteiger partial charge in [-0.1, -0.05) is 49.4 Å². The minimum Gasteiger partial charge on any atom is -0.444 e. The van der Waals surface area contributed by atoms with Crippen molar-refractivity contribution in [2.24, 2.45) is 5.73 Å². The summed E-state index contributed by atoms with van der Waals surface area (Å²) in [5.41, 5.74) is 6.83. The number of nitrogens with zero attached hydrogens (tertiary/aromatic N) is 1. The molecule has 1 fully saturated rings. The predicted molar refractivity (Wildman–Crippen MR) is 136 cm³/mol. The van der Waals surface area contributed by atoms with Crippen LogP contribution in [0.25, 0.3) is 0 Å². The third kappa shape index (κ3) is 8.29. The highest BCUT2D eigenvalue weighted by Crippen LogP contribution is 2.27. The first-order chi connectivity index (χ1) is 16.8. The molecule has 0 spiro atoms. The Morgan fingerprint density at radius 2 is 1.81 bits per heavy atom. The van der Waals surface area contributed by atoms with E-state index in [4.69, 9.17) is 16.9 Å². The van der Waals surface area contributed by atoms with Crippen molar-refractivity contribution in [1.82, 2.24) is 15.5 Å². The van der Waals surface area contributed by atoms with E-state index < -0.39 is 47.9 Å². The number of amides is 4. The maximum Gasteiger partial charge on any atom is 0.408 e. The molecule has 1 saturated carbocycles. The van der Waals surface area contributed by atoms with Crippen molar-refractivity contribution in [2.75, 3.05) is 0 Å². The van der Waals surface area contributed by atoms with Crippen molar-refractivity contribution < 1.29 is 23.9 Å². The van der Waals surface area contributed by atoms with Crippen LogP contribution in [0.2, 0.25) is 0 Å². The van der Waals surface area contributed by atoms with Gasteiger partial charge in [-0.3, -0.25) is 19.3 Å². The molecule has 9 nitrogen and oxygen atoms in total. The number of benzene rings is 1. The zero-order valence-electron chi connectivity index (χ0n) is 21.8. The number of alkyl carbamates (subject to hydrolysis) is 1. The third-order valence-electron chi connectivity index (χ3n) is 5.95. The second-order valence-corrected chi connectivity index (χ2v) is 10.3. The van der Waals surface area contributed by atoms with Crippen LogP contribution in [-0.4, -0.2) is 46.4 Å². The fraction of sp³-hybridized carbons (Fsp3) is 0.556. The second-order valence-electron chi connectivity index (χ2n) is 10.3. The molecule has 36 heavy (non-hydrogen) atoms. The van der Waals surface area contributed by atoms with Gasteiger partial charge in [0, 0.05) is 12.1 Å². The summed E-state index contributed by atoms with van der Waals surface area (Å²) in [5, 5.41) is 5.44. The van der Waals surface area contributed by atoms with Crippen LogP contribution in [0.5, 0.6) is 0 Å². The average molecular weight is 499 g/mol. The largest absolute Gasteiger partial charge is 0.444 e. The number of hydrogen-bond acceptors (Lipinski definition) is 5. The highest BCUT2D eigenvalue weighted by atomic mass is 16.6. The predicted octanol–water partition coefficient (Wildman–Crippen LogP) is 2.98. The number of terminal acetylenes is 1. The first-order valence-corrected chi connectivity index (χ1v) is 12.3. The van der Waals surface area contributed by atoms with Crippen LogP contribution in [0.15, 0.2) is 18.2 Å². The summed E-state index contributed by atoms with van der Waals surface area (Å²) >= 11 is 0. The monoisotopic (exact) mass is 498 g/mol. The Hall–Kier alpha value is -3.54. The maximum absolute atomic E-state index is 13.6. The normalized spacial score (nSPS) is 15.7. The van der Waals surface area contributed by atoms with Crippen LogP contribution in [0.4, 0.5) is 4.79 Å². The van der Waals surface area contributed by atoms with E-state index in [1.165, 1.54) is 0 Å². The van der Waals surface area contributed by atoms with Crippen molar-refractivity contribution in [1.29, 1.82) is 0 Å². The Kier molecular flexibility index (Phi) is 9.91. The Labute approximate surface area is 213 Å². The fourth-order valence-electron chi connectivity index (χ4n) is 4.34. The van der Waals surface area contributed by atoms with Crippen molar-refractivity contribution in [2.45, 2.75) is 96.9 Å². The smallest absolute Gasteiger partial charge is 0.408 e. The van der Waals surface area contributed by atoms with Crippen LogP contribution >= 0.6 is 0 Å². The van der Waals surface area contributed by atoms with Gasteiger partial charge < -0.3 is 21.1 Å². The van der Waals surface area contributed by atoms with Crippen LogP contribution < -0.4 is 16.4 Å². The van der Waals surface area contributed by atoms with E-state index in [2.05, 4.69) is 16.7 Å². The van der Waals surface area contributed by atoms with Gasteiger partial charge in [0.15, 0.2) is 0 Å². The summed E-state index contributed by atoms with van der Waals surface area (Å²) < 4.78 is 5.23. The Morgan fingerprint density at radius 1 is 1.17 bits per heavy atom. The number of aryl methyl sites for hydroxylation is 2. The first kappa shape index (κ1) is 28.7. The molecular weight excluding hydrogens is 460 g/mol. The van der Waals surface area contributed by atoms with Gasteiger partial charge in [-0.2, -0.15) is 0 Å². The topological polar surface area (TPSA) is 131 Å². The van der Waals surface area contributed by atoms with Crippen molar-refractivity contribution >= 4 is 23.8 Å².